The minimum atomic E-state index is -0.671. The van der Waals surface area contributed by atoms with Crippen LogP contribution in [0.3, 0.4) is 0 Å². The predicted octanol–water partition coefficient (Wildman–Crippen LogP) is 2.42. The number of allylic oxidation sites excluding steroid dienone is 1. The number of amides is 3. The van der Waals surface area contributed by atoms with Crippen molar-refractivity contribution in [2.45, 2.75) is 58.7 Å². The Hall–Kier alpha value is -3.36. The fourth-order valence-electron chi connectivity index (χ4n) is 3.64. The minimum Gasteiger partial charge on any atom is -0.446 e. The number of fused-ring (bicyclic) bond motifs is 1. The van der Waals surface area contributed by atoms with E-state index in [4.69, 9.17) is 16.2 Å². The summed E-state index contributed by atoms with van der Waals surface area (Å²) < 4.78 is 5.41. The van der Waals surface area contributed by atoms with Crippen LogP contribution in [0.25, 0.3) is 5.57 Å². The Morgan fingerprint density at radius 2 is 1.84 bits per heavy atom. The van der Waals surface area contributed by atoms with Crippen LogP contribution in [0.1, 0.15) is 56.5 Å². The topological polar surface area (TPSA) is 131 Å². The van der Waals surface area contributed by atoms with Crippen molar-refractivity contribution in [1.82, 2.24) is 0 Å². The third-order valence-corrected chi connectivity index (χ3v) is 5.18. The van der Waals surface area contributed by atoms with Gasteiger partial charge < -0.3 is 21.1 Å². The Morgan fingerprint density at radius 1 is 1.19 bits per heavy atom. The lowest BCUT2D eigenvalue weighted by Crippen LogP contribution is -2.52. The highest BCUT2D eigenvalue weighted by Crippen LogP contribution is 2.40. The van der Waals surface area contributed by atoms with Gasteiger partial charge in [0.05, 0.1) is 29.6 Å². The molecular weight excluding hydrogens is 398 g/mol. The first-order valence-corrected chi connectivity index (χ1v) is 10.3. The molecule has 0 aromatic heterocycles. The van der Waals surface area contributed by atoms with E-state index in [1.807, 2.05) is 6.92 Å². The van der Waals surface area contributed by atoms with E-state index < -0.39 is 12.0 Å². The molecule has 166 valence electrons. The van der Waals surface area contributed by atoms with Gasteiger partial charge in [0.2, 0.25) is 11.8 Å². The van der Waals surface area contributed by atoms with Gasteiger partial charge in [-0.2, -0.15) is 0 Å². The number of hydrogen-bond acceptors (Lipinski definition) is 6. The Morgan fingerprint density at radius 3 is 2.35 bits per heavy atom. The molecule has 1 fully saturated rings. The van der Waals surface area contributed by atoms with Gasteiger partial charge in [-0.25, -0.2) is 4.79 Å². The Balaban J connectivity index is 2.19. The van der Waals surface area contributed by atoms with Crippen LogP contribution in [-0.4, -0.2) is 48.9 Å². The first-order valence-electron chi connectivity index (χ1n) is 10.3. The van der Waals surface area contributed by atoms with Gasteiger partial charge in [-0.1, -0.05) is 0 Å². The quantitative estimate of drug-likeness (QED) is 0.697. The van der Waals surface area contributed by atoms with Gasteiger partial charge in [0.15, 0.2) is 0 Å². The molecule has 2 aliphatic rings. The molecular formula is C22H29N5O4. The molecule has 0 radical (unpaired) electrons. The van der Waals surface area contributed by atoms with Gasteiger partial charge in [-0.05, 0) is 51.3 Å². The summed E-state index contributed by atoms with van der Waals surface area (Å²) in [5.74, 6) is -0.881. The molecule has 3 rings (SSSR count). The summed E-state index contributed by atoms with van der Waals surface area (Å²) >= 11 is 0. The van der Waals surface area contributed by atoms with E-state index in [-0.39, 0.29) is 36.2 Å². The average molecular weight is 428 g/mol. The molecule has 1 saturated carbocycles. The molecule has 0 unspecified atom stereocenters. The van der Waals surface area contributed by atoms with E-state index in [2.05, 4.69) is 4.99 Å². The number of rotatable bonds is 5. The molecule has 9 heteroatoms. The Bertz CT molecular complexity index is 965. The lowest BCUT2D eigenvalue weighted by Gasteiger charge is -2.41. The molecule has 9 nitrogen and oxygen atoms in total. The fraction of sp³-hybridized carbons (Fsp3) is 0.455. The van der Waals surface area contributed by atoms with Crippen LogP contribution in [0.15, 0.2) is 23.3 Å². The van der Waals surface area contributed by atoms with Crippen molar-refractivity contribution in [2.75, 3.05) is 16.3 Å². The highest BCUT2D eigenvalue weighted by molar-refractivity contribution is 6.16. The Kier molecular flexibility index (Phi) is 6.33. The highest BCUT2D eigenvalue weighted by Gasteiger charge is 2.36. The summed E-state index contributed by atoms with van der Waals surface area (Å²) in [6, 6.07) is 3.12. The maximum atomic E-state index is 12.8. The molecule has 1 aliphatic carbocycles. The van der Waals surface area contributed by atoms with E-state index >= 15 is 0 Å². The van der Waals surface area contributed by atoms with E-state index in [9.17, 15) is 14.4 Å². The summed E-state index contributed by atoms with van der Waals surface area (Å²) in [4.78, 5) is 45.0. The van der Waals surface area contributed by atoms with Crippen LogP contribution in [0.2, 0.25) is 0 Å². The number of benzene rings is 1. The Labute approximate surface area is 181 Å². The smallest absolute Gasteiger partial charge is 0.414 e. The summed E-state index contributed by atoms with van der Waals surface area (Å²) in [7, 11) is 0. The van der Waals surface area contributed by atoms with Crippen LogP contribution in [0.4, 0.5) is 16.2 Å². The van der Waals surface area contributed by atoms with Crippen molar-refractivity contribution in [2.24, 2.45) is 16.5 Å². The molecule has 1 aromatic rings. The first-order chi connectivity index (χ1) is 14.6. The third-order valence-electron chi connectivity index (χ3n) is 5.18. The van der Waals surface area contributed by atoms with Gasteiger partial charge in [-0.3, -0.25) is 19.5 Å². The number of primary amides is 1. The molecule has 1 aromatic carbocycles. The normalized spacial score (nSPS) is 19.0. The van der Waals surface area contributed by atoms with Crippen molar-refractivity contribution in [3.05, 3.63) is 29.5 Å². The molecule has 0 bridgehead atoms. The van der Waals surface area contributed by atoms with Gasteiger partial charge in [0.1, 0.15) is 0 Å². The maximum absolute atomic E-state index is 12.8. The number of ether oxygens (including phenoxy) is 1. The first kappa shape index (κ1) is 22.3. The fourth-order valence-corrected chi connectivity index (χ4v) is 3.64. The van der Waals surface area contributed by atoms with Crippen molar-refractivity contribution >= 4 is 41.1 Å². The number of anilines is 2. The second-order valence-electron chi connectivity index (χ2n) is 8.16. The number of aliphatic imine (C=N–C) groups is 1. The van der Waals surface area contributed by atoms with Gasteiger partial charge in [0, 0.05) is 37.0 Å². The molecule has 3 amide bonds. The van der Waals surface area contributed by atoms with Crippen LogP contribution >= 0.6 is 0 Å². The highest BCUT2D eigenvalue weighted by atomic mass is 16.6. The zero-order valence-electron chi connectivity index (χ0n) is 18.3. The molecule has 0 spiro atoms. The standard InChI is InChI=1S/C22H29N5O4/c1-12(2)31-22(30)26-11-13(3)27(14(4)28)20-8-18(21(24)29)17(7-19(20)26)15(9-23)10-25-16-5-6-16/h7-10,12-13,16H,5-6,11,23H2,1-4H3,(H2,24,29)/b15-9+,25-10?/t13-/m0/s1. The summed E-state index contributed by atoms with van der Waals surface area (Å²) in [6.07, 6.45) is 4.16. The van der Waals surface area contributed by atoms with E-state index in [1.165, 1.54) is 24.1 Å². The zero-order valence-corrected chi connectivity index (χ0v) is 18.3. The summed E-state index contributed by atoms with van der Waals surface area (Å²) in [5, 5.41) is 0. The van der Waals surface area contributed by atoms with E-state index in [0.717, 1.165) is 12.8 Å². The monoisotopic (exact) mass is 427 g/mol. The largest absolute Gasteiger partial charge is 0.446 e. The molecule has 1 aliphatic heterocycles. The molecule has 1 atom stereocenters. The molecule has 31 heavy (non-hydrogen) atoms. The van der Waals surface area contributed by atoms with Crippen LogP contribution in [0, 0.1) is 0 Å². The van der Waals surface area contributed by atoms with Crippen LogP contribution < -0.4 is 21.3 Å². The van der Waals surface area contributed by atoms with Gasteiger partial charge >= 0.3 is 6.09 Å². The number of carbonyl (C=O) groups excluding carboxylic acids is 3. The number of hydrogen-bond donors (Lipinski definition) is 2. The second kappa shape index (κ2) is 8.79. The van der Waals surface area contributed by atoms with Crippen LogP contribution in [0.5, 0.6) is 0 Å². The number of nitrogens with zero attached hydrogens (tertiary/aromatic N) is 3. The maximum Gasteiger partial charge on any atom is 0.414 e. The van der Waals surface area contributed by atoms with Gasteiger partial charge in [0.25, 0.3) is 0 Å². The second-order valence-corrected chi connectivity index (χ2v) is 8.16. The SMILES string of the molecule is CC(=O)N1c2cc(C(N)=O)c(/C(C=NC3CC3)=C/N)cc2N(C(=O)OC(C)C)C[C@@H]1C. The van der Waals surface area contributed by atoms with E-state index in [1.54, 1.807) is 31.0 Å². The molecule has 0 saturated heterocycles. The van der Waals surface area contributed by atoms with Crippen molar-refractivity contribution in [1.29, 1.82) is 0 Å². The van der Waals surface area contributed by atoms with Crippen molar-refractivity contribution in [3.8, 4) is 0 Å². The minimum absolute atomic E-state index is 0.190. The number of carbonyl (C=O) groups is 3. The average Bonchev–Trinajstić information content (AvgIpc) is 3.50. The third kappa shape index (κ3) is 4.70. The lowest BCUT2D eigenvalue weighted by atomic mass is 9.95. The van der Waals surface area contributed by atoms with Crippen molar-refractivity contribution in [3.63, 3.8) is 0 Å². The summed E-state index contributed by atoms with van der Waals surface area (Å²) in [5.41, 5.74) is 13.5. The van der Waals surface area contributed by atoms with Crippen molar-refractivity contribution < 1.29 is 19.1 Å². The van der Waals surface area contributed by atoms with E-state index in [0.29, 0.717) is 22.5 Å². The molecule has 1 heterocycles. The predicted molar refractivity (Wildman–Crippen MR) is 120 cm³/mol. The number of nitrogens with two attached hydrogens (primary N) is 2. The summed E-state index contributed by atoms with van der Waals surface area (Å²) in [6.45, 7) is 7.03. The zero-order chi connectivity index (χ0) is 22.9. The molecule has 4 N–H and O–H groups in total. The van der Waals surface area contributed by atoms with Gasteiger partial charge in [-0.15, -0.1) is 0 Å². The van der Waals surface area contributed by atoms with Crippen LogP contribution in [-0.2, 0) is 9.53 Å². The lowest BCUT2D eigenvalue weighted by molar-refractivity contribution is -0.117.